The quantitative estimate of drug-likeness (QED) is 0.646. The molecule has 0 radical (unpaired) electrons. The molecular formula is C18H20N4O3. The van der Waals surface area contributed by atoms with Crippen molar-refractivity contribution in [2.75, 3.05) is 28.6 Å². The van der Waals surface area contributed by atoms with Gasteiger partial charge in [-0.1, -0.05) is 12.1 Å². The number of benzene rings is 2. The summed E-state index contributed by atoms with van der Waals surface area (Å²) in [6, 6.07) is 11.3. The predicted octanol–water partition coefficient (Wildman–Crippen LogP) is 4.15. The minimum absolute atomic E-state index is 0.141. The van der Waals surface area contributed by atoms with Gasteiger partial charge in [0.25, 0.3) is 5.69 Å². The number of para-hydroxylation sites is 2. The van der Waals surface area contributed by atoms with Crippen molar-refractivity contribution in [3.05, 3.63) is 58.1 Å². The molecule has 1 saturated heterocycles. The molecule has 1 aliphatic rings. The summed E-state index contributed by atoms with van der Waals surface area (Å²) in [5, 5.41) is 16.3. The maximum atomic E-state index is 12.2. The first-order chi connectivity index (χ1) is 12.0. The highest BCUT2D eigenvalue weighted by atomic mass is 16.6. The lowest BCUT2D eigenvalue weighted by Gasteiger charge is -2.20. The average molecular weight is 340 g/mol. The summed E-state index contributed by atoms with van der Waals surface area (Å²) in [6.45, 7) is 4.14. The monoisotopic (exact) mass is 340 g/mol. The standard InChI is InChI=1S/C18H20N4O3/c1-13-12-14(8-9-16(13)21-10-4-5-11-21)19-18(23)20-15-6-2-3-7-17(15)22(24)25/h2-3,6-9,12H,4-5,10-11H2,1H3,(H2,19,20,23). The first-order valence-electron chi connectivity index (χ1n) is 8.21. The van der Waals surface area contributed by atoms with Crippen LogP contribution < -0.4 is 15.5 Å². The van der Waals surface area contributed by atoms with Crippen LogP contribution in [0.2, 0.25) is 0 Å². The highest BCUT2D eigenvalue weighted by Crippen LogP contribution is 2.27. The Labute approximate surface area is 145 Å². The minimum Gasteiger partial charge on any atom is -0.371 e. The van der Waals surface area contributed by atoms with E-state index in [9.17, 15) is 14.9 Å². The lowest BCUT2D eigenvalue weighted by Crippen LogP contribution is -2.21. The van der Waals surface area contributed by atoms with Gasteiger partial charge < -0.3 is 15.5 Å². The number of urea groups is 1. The van der Waals surface area contributed by atoms with Crippen molar-refractivity contribution in [3.63, 3.8) is 0 Å². The molecule has 7 nitrogen and oxygen atoms in total. The molecule has 0 aromatic heterocycles. The number of aryl methyl sites for hydroxylation is 1. The number of amides is 2. The largest absolute Gasteiger partial charge is 0.371 e. The summed E-state index contributed by atoms with van der Waals surface area (Å²) in [5.74, 6) is 0. The van der Waals surface area contributed by atoms with Crippen LogP contribution in [0.1, 0.15) is 18.4 Å². The third-order valence-electron chi connectivity index (χ3n) is 4.25. The first kappa shape index (κ1) is 16.8. The van der Waals surface area contributed by atoms with Crippen LogP contribution in [0, 0.1) is 17.0 Å². The van der Waals surface area contributed by atoms with E-state index >= 15 is 0 Å². The van der Waals surface area contributed by atoms with E-state index in [2.05, 4.69) is 15.5 Å². The molecular weight excluding hydrogens is 320 g/mol. The fraction of sp³-hybridized carbons (Fsp3) is 0.278. The van der Waals surface area contributed by atoms with E-state index in [1.54, 1.807) is 12.1 Å². The van der Waals surface area contributed by atoms with E-state index in [1.807, 2.05) is 25.1 Å². The number of rotatable bonds is 4. The summed E-state index contributed by atoms with van der Waals surface area (Å²) < 4.78 is 0. The number of carbonyl (C=O) groups excluding carboxylic acids is 1. The Balaban J connectivity index is 1.69. The zero-order valence-corrected chi connectivity index (χ0v) is 14.0. The van der Waals surface area contributed by atoms with Gasteiger partial charge in [-0.25, -0.2) is 4.79 Å². The molecule has 25 heavy (non-hydrogen) atoms. The molecule has 130 valence electrons. The Morgan fingerprint density at radius 1 is 1.12 bits per heavy atom. The molecule has 0 spiro atoms. The molecule has 0 atom stereocenters. The van der Waals surface area contributed by atoms with Crippen molar-refractivity contribution in [2.45, 2.75) is 19.8 Å². The summed E-state index contributed by atoms with van der Waals surface area (Å²) in [6.07, 6.45) is 2.41. The Morgan fingerprint density at radius 3 is 2.52 bits per heavy atom. The lowest BCUT2D eigenvalue weighted by molar-refractivity contribution is -0.383. The topological polar surface area (TPSA) is 87.5 Å². The lowest BCUT2D eigenvalue weighted by atomic mass is 10.1. The summed E-state index contributed by atoms with van der Waals surface area (Å²) in [4.78, 5) is 25.0. The Morgan fingerprint density at radius 2 is 1.84 bits per heavy atom. The van der Waals surface area contributed by atoms with E-state index in [4.69, 9.17) is 0 Å². The Bertz CT molecular complexity index is 801. The molecule has 7 heteroatoms. The molecule has 2 N–H and O–H groups in total. The fourth-order valence-electron chi connectivity index (χ4n) is 3.07. The van der Waals surface area contributed by atoms with Crippen LogP contribution >= 0.6 is 0 Å². The van der Waals surface area contributed by atoms with Gasteiger partial charge in [0.05, 0.1) is 4.92 Å². The average Bonchev–Trinajstić information content (AvgIpc) is 3.09. The molecule has 1 aliphatic heterocycles. The van der Waals surface area contributed by atoms with Gasteiger partial charge in [0, 0.05) is 30.5 Å². The molecule has 1 heterocycles. The van der Waals surface area contributed by atoms with Gasteiger partial charge in [0.15, 0.2) is 0 Å². The molecule has 2 aromatic rings. The minimum atomic E-state index is -0.523. The van der Waals surface area contributed by atoms with Gasteiger partial charge in [0.2, 0.25) is 0 Å². The van der Waals surface area contributed by atoms with Crippen LogP contribution in [-0.2, 0) is 0 Å². The van der Waals surface area contributed by atoms with Crippen molar-refractivity contribution >= 4 is 28.8 Å². The third kappa shape index (κ3) is 3.88. The van der Waals surface area contributed by atoms with Gasteiger partial charge in [-0.2, -0.15) is 0 Å². The fourth-order valence-corrected chi connectivity index (χ4v) is 3.07. The van der Waals surface area contributed by atoms with Crippen LogP contribution in [0.5, 0.6) is 0 Å². The predicted molar refractivity (Wildman–Crippen MR) is 98.4 cm³/mol. The number of hydrogen-bond donors (Lipinski definition) is 2. The molecule has 0 aliphatic carbocycles. The molecule has 0 unspecified atom stereocenters. The molecule has 0 saturated carbocycles. The van der Waals surface area contributed by atoms with Gasteiger partial charge in [-0.15, -0.1) is 0 Å². The smallest absolute Gasteiger partial charge is 0.323 e. The number of carbonyl (C=O) groups is 1. The number of anilines is 3. The van der Waals surface area contributed by atoms with Crippen molar-refractivity contribution in [3.8, 4) is 0 Å². The number of nitrogens with one attached hydrogen (secondary N) is 2. The van der Waals surface area contributed by atoms with Crippen LogP contribution in [0.3, 0.4) is 0 Å². The number of nitro benzene ring substituents is 1. The highest BCUT2D eigenvalue weighted by Gasteiger charge is 2.16. The molecule has 2 aromatic carbocycles. The van der Waals surface area contributed by atoms with Crippen LogP contribution in [-0.4, -0.2) is 24.0 Å². The van der Waals surface area contributed by atoms with Crippen molar-refractivity contribution in [1.82, 2.24) is 0 Å². The van der Waals surface area contributed by atoms with Crippen LogP contribution in [0.25, 0.3) is 0 Å². The van der Waals surface area contributed by atoms with Crippen molar-refractivity contribution in [1.29, 1.82) is 0 Å². The third-order valence-corrected chi connectivity index (χ3v) is 4.25. The second-order valence-corrected chi connectivity index (χ2v) is 6.05. The van der Waals surface area contributed by atoms with Gasteiger partial charge in [-0.05, 0) is 49.6 Å². The maximum Gasteiger partial charge on any atom is 0.323 e. The van der Waals surface area contributed by atoms with E-state index < -0.39 is 11.0 Å². The summed E-state index contributed by atoms with van der Waals surface area (Å²) >= 11 is 0. The molecule has 2 amide bonds. The Kier molecular flexibility index (Phi) is 4.83. The van der Waals surface area contributed by atoms with Gasteiger partial charge in [-0.3, -0.25) is 10.1 Å². The number of hydrogen-bond acceptors (Lipinski definition) is 4. The zero-order valence-electron chi connectivity index (χ0n) is 14.0. The normalized spacial score (nSPS) is 13.6. The van der Waals surface area contributed by atoms with Crippen LogP contribution in [0.15, 0.2) is 42.5 Å². The highest BCUT2D eigenvalue weighted by molar-refractivity contribution is 6.01. The number of nitrogens with zero attached hydrogens (tertiary/aromatic N) is 2. The SMILES string of the molecule is Cc1cc(NC(=O)Nc2ccccc2[N+](=O)[O-])ccc1N1CCCC1. The second-order valence-electron chi connectivity index (χ2n) is 6.05. The molecule has 0 bridgehead atoms. The van der Waals surface area contributed by atoms with E-state index in [-0.39, 0.29) is 11.4 Å². The van der Waals surface area contributed by atoms with Crippen molar-refractivity contribution < 1.29 is 9.72 Å². The summed E-state index contributed by atoms with van der Waals surface area (Å²) in [7, 11) is 0. The van der Waals surface area contributed by atoms with Gasteiger partial charge in [0.1, 0.15) is 5.69 Å². The summed E-state index contributed by atoms with van der Waals surface area (Å²) in [5.41, 5.74) is 2.94. The second kappa shape index (κ2) is 7.21. The van der Waals surface area contributed by atoms with Crippen LogP contribution in [0.4, 0.5) is 27.5 Å². The first-order valence-corrected chi connectivity index (χ1v) is 8.21. The van der Waals surface area contributed by atoms with E-state index in [0.717, 1.165) is 18.7 Å². The molecule has 1 fully saturated rings. The van der Waals surface area contributed by atoms with Gasteiger partial charge >= 0.3 is 6.03 Å². The Hall–Kier alpha value is -3.09. The number of nitro groups is 1. The molecule has 3 rings (SSSR count). The van der Waals surface area contributed by atoms with E-state index in [0.29, 0.717) is 5.69 Å². The zero-order chi connectivity index (χ0) is 17.8. The maximum absolute atomic E-state index is 12.2. The van der Waals surface area contributed by atoms with Crippen molar-refractivity contribution in [2.24, 2.45) is 0 Å². The van der Waals surface area contributed by atoms with E-state index in [1.165, 1.54) is 30.7 Å².